The van der Waals surface area contributed by atoms with Gasteiger partial charge in [0, 0.05) is 22.9 Å². The van der Waals surface area contributed by atoms with E-state index in [1.165, 1.54) is 0 Å². The number of rotatable bonds is 5. The van der Waals surface area contributed by atoms with Crippen LogP contribution in [0.4, 0.5) is 11.4 Å². The Labute approximate surface area is 168 Å². The fourth-order valence-electron chi connectivity index (χ4n) is 3.22. The highest BCUT2D eigenvalue weighted by molar-refractivity contribution is 7.99. The second-order valence-electron chi connectivity index (χ2n) is 6.86. The molecule has 1 saturated heterocycles. The van der Waals surface area contributed by atoms with Crippen molar-refractivity contribution in [3.05, 3.63) is 48.0 Å². The number of amides is 2. The molecule has 0 bridgehead atoms. The Morgan fingerprint density at radius 2 is 2.14 bits per heavy atom. The monoisotopic (exact) mass is 398 g/mol. The molecular formula is C21H22N2O4S. The lowest BCUT2D eigenvalue weighted by molar-refractivity contribution is -0.122. The molecule has 0 saturated carbocycles. The summed E-state index contributed by atoms with van der Waals surface area (Å²) in [6.07, 6.45) is 1.90. The van der Waals surface area contributed by atoms with Crippen LogP contribution in [0, 0.1) is 0 Å². The van der Waals surface area contributed by atoms with Crippen molar-refractivity contribution in [2.75, 3.05) is 23.0 Å². The van der Waals surface area contributed by atoms with Gasteiger partial charge < -0.3 is 20.1 Å². The largest absolute Gasteiger partial charge is 0.479 e. The number of nitrogens with one attached hydrogen (secondary N) is 2. The minimum absolute atomic E-state index is 0.188. The minimum atomic E-state index is -0.527. The summed E-state index contributed by atoms with van der Waals surface area (Å²) in [6.45, 7) is 2.52. The molecule has 28 heavy (non-hydrogen) atoms. The fraction of sp³-hybridized carbons (Fsp3) is 0.333. The summed E-state index contributed by atoms with van der Waals surface area (Å²) in [6, 6.07) is 12.8. The van der Waals surface area contributed by atoms with Crippen molar-refractivity contribution in [3.8, 4) is 5.75 Å². The quantitative estimate of drug-likeness (QED) is 0.747. The van der Waals surface area contributed by atoms with Gasteiger partial charge in [-0.05, 0) is 50.1 Å². The number of benzene rings is 2. The van der Waals surface area contributed by atoms with E-state index in [9.17, 15) is 9.59 Å². The van der Waals surface area contributed by atoms with E-state index in [1.54, 1.807) is 36.9 Å². The molecular weight excluding hydrogens is 376 g/mol. The van der Waals surface area contributed by atoms with Crippen molar-refractivity contribution >= 4 is 35.0 Å². The summed E-state index contributed by atoms with van der Waals surface area (Å²) < 4.78 is 11.2. The fourth-order valence-corrected chi connectivity index (χ4v) is 4.34. The molecule has 2 unspecified atom stereocenters. The molecule has 2 atom stereocenters. The smallest absolute Gasteiger partial charge is 0.265 e. The van der Waals surface area contributed by atoms with E-state index in [0.717, 1.165) is 30.1 Å². The summed E-state index contributed by atoms with van der Waals surface area (Å²) in [4.78, 5) is 25.6. The van der Waals surface area contributed by atoms with E-state index in [4.69, 9.17) is 9.47 Å². The van der Waals surface area contributed by atoms with E-state index in [-0.39, 0.29) is 17.9 Å². The number of hydrogen-bond donors (Lipinski definition) is 2. The summed E-state index contributed by atoms with van der Waals surface area (Å²) in [5.74, 6) is 1.04. The standard InChI is InChI=1S/C21H22N2O4S/c1-13-20(24)23-17-11-14(8-9-18(17)27-13)22-21(25)16-6-2-3-7-19(16)28-12-15-5-4-10-26-15/h2-3,6-9,11,13,15H,4-5,10,12H2,1H3,(H,22,25)(H,23,24). The van der Waals surface area contributed by atoms with E-state index in [1.807, 2.05) is 24.3 Å². The van der Waals surface area contributed by atoms with E-state index in [2.05, 4.69) is 10.6 Å². The molecule has 0 aromatic heterocycles. The Bertz CT molecular complexity index is 896. The molecule has 2 heterocycles. The number of carbonyl (C=O) groups excluding carboxylic acids is 2. The summed E-state index contributed by atoms with van der Waals surface area (Å²) in [5.41, 5.74) is 1.78. The highest BCUT2D eigenvalue weighted by Gasteiger charge is 2.24. The van der Waals surface area contributed by atoms with Crippen molar-refractivity contribution in [2.45, 2.75) is 36.9 Å². The van der Waals surface area contributed by atoms with Crippen LogP contribution < -0.4 is 15.4 Å². The van der Waals surface area contributed by atoms with Gasteiger partial charge >= 0.3 is 0 Å². The Kier molecular flexibility index (Phi) is 5.54. The number of anilines is 2. The maximum atomic E-state index is 12.8. The van der Waals surface area contributed by atoms with Gasteiger partial charge in [0.2, 0.25) is 0 Å². The van der Waals surface area contributed by atoms with Crippen LogP contribution in [-0.2, 0) is 9.53 Å². The second-order valence-corrected chi connectivity index (χ2v) is 7.92. The molecule has 4 rings (SSSR count). The number of thioether (sulfide) groups is 1. The molecule has 2 N–H and O–H groups in total. The van der Waals surface area contributed by atoms with Crippen LogP contribution in [0.15, 0.2) is 47.4 Å². The molecule has 1 fully saturated rings. The zero-order valence-corrected chi connectivity index (χ0v) is 16.4. The van der Waals surface area contributed by atoms with E-state index in [0.29, 0.717) is 22.7 Å². The Morgan fingerprint density at radius 1 is 1.29 bits per heavy atom. The van der Waals surface area contributed by atoms with Crippen molar-refractivity contribution < 1.29 is 19.1 Å². The number of ether oxygens (including phenoxy) is 2. The van der Waals surface area contributed by atoms with Crippen LogP contribution in [0.3, 0.4) is 0 Å². The third-order valence-corrected chi connectivity index (χ3v) is 5.95. The molecule has 0 spiro atoms. The van der Waals surface area contributed by atoms with Gasteiger partial charge in [-0.1, -0.05) is 12.1 Å². The summed E-state index contributed by atoms with van der Waals surface area (Å²) in [5, 5.41) is 5.71. The Morgan fingerprint density at radius 3 is 2.96 bits per heavy atom. The lowest BCUT2D eigenvalue weighted by Gasteiger charge is -2.23. The molecule has 0 aliphatic carbocycles. The highest BCUT2D eigenvalue weighted by atomic mass is 32.2. The van der Waals surface area contributed by atoms with Crippen LogP contribution in [0.25, 0.3) is 0 Å². The SMILES string of the molecule is CC1Oc2ccc(NC(=O)c3ccccc3SCC3CCCO3)cc2NC1=O. The normalized spacial score (nSPS) is 20.8. The average Bonchev–Trinajstić information content (AvgIpc) is 3.21. The summed E-state index contributed by atoms with van der Waals surface area (Å²) >= 11 is 1.64. The second kappa shape index (κ2) is 8.24. The zero-order chi connectivity index (χ0) is 19.5. The number of fused-ring (bicyclic) bond motifs is 1. The predicted octanol–water partition coefficient (Wildman–Crippen LogP) is 3.93. The third kappa shape index (κ3) is 4.15. The van der Waals surface area contributed by atoms with Gasteiger partial charge in [0.05, 0.1) is 17.4 Å². The van der Waals surface area contributed by atoms with Crippen LogP contribution in [0.2, 0.25) is 0 Å². The van der Waals surface area contributed by atoms with Gasteiger partial charge in [0.15, 0.2) is 6.10 Å². The predicted molar refractivity (Wildman–Crippen MR) is 109 cm³/mol. The van der Waals surface area contributed by atoms with Crippen molar-refractivity contribution in [3.63, 3.8) is 0 Å². The van der Waals surface area contributed by atoms with Crippen LogP contribution >= 0.6 is 11.8 Å². The van der Waals surface area contributed by atoms with Gasteiger partial charge in [-0.2, -0.15) is 0 Å². The topological polar surface area (TPSA) is 76.7 Å². The third-order valence-electron chi connectivity index (χ3n) is 4.75. The first-order valence-electron chi connectivity index (χ1n) is 9.36. The van der Waals surface area contributed by atoms with Crippen molar-refractivity contribution in [1.29, 1.82) is 0 Å². The first-order valence-corrected chi connectivity index (χ1v) is 10.3. The van der Waals surface area contributed by atoms with E-state index >= 15 is 0 Å². The molecule has 0 radical (unpaired) electrons. The molecule has 2 amide bonds. The molecule has 7 heteroatoms. The molecule has 2 aliphatic heterocycles. The minimum Gasteiger partial charge on any atom is -0.479 e. The van der Waals surface area contributed by atoms with Gasteiger partial charge in [0.1, 0.15) is 5.75 Å². The van der Waals surface area contributed by atoms with Gasteiger partial charge in [-0.15, -0.1) is 11.8 Å². The summed E-state index contributed by atoms with van der Waals surface area (Å²) in [7, 11) is 0. The lowest BCUT2D eigenvalue weighted by atomic mass is 10.2. The molecule has 2 aromatic rings. The van der Waals surface area contributed by atoms with Crippen LogP contribution in [0.1, 0.15) is 30.1 Å². The molecule has 2 aromatic carbocycles. The first-order chi connectivity index (χ1) is 13.6. The van der Waals surface area contributed by atoms with Crippen LogP contribution in [-0.4, -0.2) is 36.4 Å². The maximum Gasteiger partial charge on any atom is 0.265 e. The van der Waals surface area contributed by atoms with Crippen molar-refractivity contribution in [2.24, 2.45) is 0 Å². The van der Waals surface area contributed by atoms with Gasteiger partial charge in [-0.3, -0.25) is 9.59 Å². The van der Waals surface area contributed by atoms with Crippen molar-refractivity contribution in [1.82, 2.24) is 0 Å². The van der Waals surface area contributed by atoms with E-state index < -0.39 is 6.10 Å². The van der Waals surface area contributed by atoms with Crippen LogP contribution in [0.5, 0.6) is 5.75 Å². The number of carbonyl (C=O) groups is 2. The Hall–Kier alpha value is -2.51. The Balaban J connectivity index is 1.47. The average molecular weight is 398 g/mol. The molecule has 146 valence electrons. The van der Waals surface area contributed by atoms with Gasteiger partial charge in [0.25, 0.3) is 11.8 Å². The van der Waals surface area contributed by atoms with Gasteiger partial charge in [-0.25, -0.2) is 0 Å². The molecule has 6 nitrogen and oxygen atoms in total. The number of hydrogen-bond acceptors (Lipinski definition) is 5. The lowest BCUT2D eigenvalue weighted by Crippen LogP contribution is -2.34. The maximum absolute atomic E-state index is 12.8. The zero-order valence-electron chi connectivity index (χ0n) is 15.6. The highest BCUT2D eigenvalue weighted by Crippen LogP contribution is 2.33. The first kappa shape index (κ1) is 18.8. The molecule has 2 aliphatic rings.